The van der Waals surface area contributed by atoms with E-state index in [1.165, 1.54) is 17.2 Å². The van der Waals surface area contributed by atoms with Gasteiger partial charge in [0.25, 0.3) is 0 Å². The third-order valence-electron chi connectivity index (χ3n) is 3.85. The van der Waals surface area contributed by atoms with Crippen molar-refractivity contribution in [1.82, 2.24) is 19.5 Å². The van der Waals surface area contributed by atoms with Gasteiger partial charge in [-0.25, -0.2) is 15.0 Å². The van der Waals surface area contributed by atoms with E-state index in [2.05, 4.69) is 34.1 Å². The minimum atomic E-state index is -1.19. The lowest BCUT2D eigenvalue weighted by atomic mass is 10.1. The zero-order valence-corrected chi connectivity index (χ0v) is 13.4. The molecule has 0 spiro atoms. The molecule has 0 saturated carbocycles. The van der Waals surface area contributed by atoms with Gasteiger partial charge in [-0.3, -0.25) is 4.57 Å². The molecule has 9 nitrogen and oxygen atoms in total. The van der Waals surface area contributed by atoms with Gasteiger partial charge in [0.15, 0.2) is 23.2 Å². The lowest BCUT2D eigenvalue weighted by molar-refractivity contribution is -0.0511. The van der Waals surface area contributed by atoms with Crippen molar-refractivity contribution in [2.45, 2.75) is 38.4 Å². The molecule has 9 heteroatoms. The minimum Gasteiger partial charge on any atom is -0.394 e. The van der Waals surface area contributed by atoms with Crippen molar-refractivity contribution in [2.24, 2.45) is 5.92 Å². The van der Waals surface area contributed by atoms with Crippen LogP contribution in [0.4, 0.5) is 5.82 Å². The molecule has 4 N–H and O–H groups in total. The SMILES string of the molecule is CC(C)C=CNc1ncnc2c1ncn2C1OC(CO)C(O)C1O. The lowest BCUT2D eigenvalue weighted by Gasteiger charge is -2.16. The van der Waals surface area contributed by atoms with E-state index in [0.717, 1.165) is 0 Å². The number of allylic oxidation sites excluding steroid dienone is 1. The summed E-state index contributed by atoms with van der Waals surface area (Å²) in [7, 11) is 0. The third kappa shape index (κ3) is 2.98. The molecule has 3 rings (SSSR count). The molecule has 1 saturated heterocycles. The molecule has 0 aromatic carbocycles. The van der Waals surface area contributed by atoms with Crippen molar-refractivity contribution in [3.63, 3.8) is 0 Å². The van der Waals surface area contributed by atoms with Gasteiger partial charge in [0.1, 0.15) is 24.6 Å². The molecule has 0 radical (unpaired) electrons. The maximum Gasteiger partial charge on any atom is 0.167 e. The molecule has 4 unspecified atom stereocenters. The second-order valence-corrected chi connectivity index (χ2v) is 6.02. The Balaban J connectivity index is 1.91. The Bertz CT molecular complexity index is 732. The number of imidazole rings is 1. The molecule has 1 fully saturated rings. The predicted molar refractivity (Wildman–Crippen MR) is 85.9 cm³/mol. The highest BCUT2D eigenvalue weighted by Crippen LogP contribution is 2.32. The van der Waals surface area contributed by atoms with Crippen LogP contribution in [0.25, 0.3) is 11.2 Å². The van der Waals surface area contributed by atoms with Gasteiger partial charge in [-0.05, 0) is 12.1 Å². The van der Waals surface area contributed by atoms with Crippen LogP contribution in [0, 0.1) is 5.92 Å². The van der Waals surface area contributed by atoms with Gasteiger partial charge in [-0.15, -0.1) is 0 Å². The summed E-state index contributed by atoms with van der Waals surface area (Å²) in [6.45, 7) is 3.73. The predicted octanol–water partition coefficient (Wildman–Crippen LogP) is 0.0194. The third-order valence-corrected chi connectivity index (χ3v) is 3.85. The Morgan fingerprint density at radius 1 is 1.29 bits per heavy atom. The van der Waals surface area contributed by atoms with Crippen molar-refractivity contribution < 1.29 is 20.1 Å². The molecule has 1 aliphatic heterocycles. The second-order valence-electron chi connectivity index (χ2n) is 6.02. The van der Waals surface area contributed by atoms with E-state index in [9.17, 15) is 15.3 Å². The first-order valence-electron chi connectivity index (χ1n) is 7.76. The number of aliphatic hydroxyl groups is 3. The standard InChI is InChI=1S/C15H21N5O4/c1-8(2)3-4-16-13-10-14(18-6-17-13)20(7-19-10)15-12(23)11(22)9(5-21)24-15/h3-4,6-9,11-12,15,21-23H,5H2,1-2H3,(H,16,17,18). The van der Waals surface area contributed by atoms with Gasteiger partial charge in [0.2, 0.25) is 0 Å². The normalized spacial score (nSPS) is 27.6. The number of aromatic nitrogens is 4. The molecular weight excluding hydrogens is 314 g/mol. The lowest BCUT2D eigenvalue weighted by Crippen LogP contribution is -2.33. The molecule has 0 amide bonds. The number of ether oxygens (including phenoxy) is 1. The van der Waals surface area contributed by atoms with E-state index in [-0.39, 0.29) is 6.61 Å². The van der Waals surface area contributed by atoms with Gasteiger partial charge in [0.05, 0.1) is 12.9 Å². The molecule has 4 atom stereocenters. The van der Waals surface area contributed by atoms with Gasteiger partial charge in [0, 0.05) is 0 Å². The summed E-state index contributed by atoms with van der Waals surface area (Å²) in [5, 5.41) is 32.3. The smallest absolute Gasteiger partial charge is 0.167 e. The fourth-order valence-electron chi connectivity index (χ4n) is 2.57. The maximum atomic E-state index is 10.2. The summed E-state index contributed by atoms with van der Waals surface area (Å²) >= 11 is 0. The minimum absolute atomic E-state index is 0.386. The van der Waals surface area contributed by atoms with Crippen molar-refractivity contribution in [3.8, 4) is 0 Å². The molecule has 2 aromatic rings. The highest BCUT2D eigenvalue weighted by Gasteiger charge is 2.43. The summed E-state index contributed by atoms with van der Waals surface area (Å²) in [6.07, 6.45) is 2.53. The molecule has 130 valence electrons. The summed E-state index contributed by atoms with van der Waals surface area (Å²) in [4.78, 5) is 12.6. The molecule has 24 heavy (non-hydrogen) atoms. The highest BCUT2D eigenvalue weighted by molar-refractivity contribution is 5.83. The molecule has 0 bridgehead atoms. The summed E-state index contributed by atoms with van der Waals surface area (Å²) < 4.78 is 7.04. The van der Waals surface area contributed by atoms with Crippen LogP contribution in [0.2, 0.25) is 0 Å². The largest absolute Gasteiger partial charge is 0.394 e. The topological polar surface area (TPSA) is 126 Å². The van der Waals surface area contributed by atoms with Crippen LogP contribution in [-0.2, 0) is 4.74 Å². The van der Waals surface area contributed by atoms with Crippen LogP contribution in [0.3, 0.4) is 0 Å². The van der Waals surface area contributed by atoms with Crippen LogP contribution >= 0.6 is 0 Å². The Morgan fingerprint density at radius 2 is 2.08 bits per heavy atom. The first-order valence-corrected chi connectivity index (χ1v) is 7.76. The van der Waals surface area contributed by atoms with Crippen LogP contribution < -0.4 is 5.32 Å². The zero-order valence-electron chi connectivity index (χ0n) is 13.4. The number of fused-ring (bicyclic) bond motifs is 1. The van der Waals surface area contributed by atoms with Crippen LogP contribution in [0.1, 0.15) is 20.1 Å². The average molecular weight is 335 g/mol. The van der Waals surface area contributed by atoms with Gasteiger partial charge in [-0.2, -0.15) is 0 Å². The van der Waals surface area contributed by atoms with Crippen molar-refractivity contribution in [2.75, 3.05) is 11.9 Å². The molecule has 3 heterocycles. The zero-order chi connectivity index (χ0) is 17.3. The van der Waals surface area contributed by atoms with Crippen LogP contribution in [0.15, 0.2) is 24.9 Å². The molecule has 1 aliphatic rings. The number of nitrogens with one attached hydrogen (secondary N) is 1. The quantitative estimate of drug-likeness (QED) is 0.602. The summed E-state index contributed by atoms with van der Waals surface area (Å²) in [5.41, 5.74) is 0.976. The monoisotopic (exact) mass is 335 g/mol. The second kappa shape index (κ2) is 6.81. The van der Waals surface area contributed by atoms with E-state index in [0.29, 0.717) is 22.9 Å². The summed E-state index contributed by atoms with van der Waals surface area (Å²) in [5.74, 6) is 0.925. The molecule has 2 aromatic heterocycles. The van der Waals surface area contributed by atoms with E-state index < -0.39 is 24.5 Å². The molecule has 0 aliphatic carbocycles. The number of hydrogen-bond acceptors (Lipinski definition) is 8. The van der Waals surface area contributed by atoms with Crippen LogP contribution in [-0.4, -0.2) is 59.8 Å². The van der Waals surface area contributed by atoms with Gasteiger partial charge < -0.3 is 25.4 Å². The van der Waals surface area contributed by atoms with Crippen molar-refractivity contribution in [3.05, 3.63) is 24.9 Å². The van der Waals surface area contributed by atoms with Crippen LogP contribution in [0.5, 0.6) is 0 Å². The fourth-order valence-corrected chi connectivity index (χ4v) is 2.57. The van der Waals surface area contributed by atoms with E-state index >= 15 is 0 Å². The van der Waals surface area contributed by atoms with E-state index in [4.69, 9.17) is 4.74 Å². The highest BCUT2D eigenvalue weighted by atomic mass is 16.6. The van der Waals surface area contributed by atoms with Gasteiger partial charge in [-0.1, -0.05) is 19.9 Å². The number of hydrogen-bond donors (Lipinski definition) is 4. The Hall–Kier alpha value is -2.07. The van der Waals surface area contributed by atoms with Crippen molar-refractivity contribution in [1.29, 1.82) is 0 Å². The number of aliphatic hydroxyl groups excluding tert-OH is 3. The van der Waals surface area contributed by atoms with E-state index in [1.807, 2.05) is 6.08 Å². The fraction of sp³-hybridized carbons (Fsp3) is 0.533. The van der Waals surface area contributed by atoms with Gasteiger partial charge >= 0.3 is 0 Å². The number of anilines is 1. The Kier molecular flexibility index (Phi) is 4.76. The Morgan fingerprint density at radius 3 is 2.75 bits per heavy atom. The number of nitrogens with zero attached hydrogens (tertiary/aromatic N) is 4. The average Bonchev–Trinajstić information content (AvgIpc) is 3.10. The Labute approximate surface area is 138 Å². The summed E-state index contributed by atoms with van der Waals surface area (Å²) in [6, 6.07) is 0. The molecular formula is C15H21N5O4. The number of rotatable bonds is 5. The van der Waals surface area contributed by atoms with E-state index in [1.54, 1.807) is 6.20 Å². The first-order chi connectivity index (χ1) is 11.5. The van der Waals surface area contributed by atoms with Crippen molar-refractivity contribution >= 4 is 17.0 Å². The first kappa shape index (κ1) is 16.8. The maximum absolute atomic E-state index is 10.2.